The number of hydrogen-bond acceptors (Lipinski definition) is 5. The number of ether oxygens (including phenoxy) is 1. The Morgan fingerprint density at radius 2 is 1.67 bits per heavy atom. The van der Waals surface area contributed by atoms with Gasteiger partial charge in [-0.2, -0.15) is 8.42 Å². The first-order valence-electron chi connectivity index (χ1n) is 7.54. The number of esters is 1. The molecule has 0 bridgehead atoms. The second kappa shape index (κ2) is 8.08. The molecule has 1 atom stereocenters. The average Bonchev–Trinajstić information content (AvgIpc) is 2.59. The van der Waals surface area contributed by atoms with Crippen LogP contribution in [0.25, 0.3) is 0 Å². The minimum atomic E-state index is -4.04. The van der Waals surface area contributed by atoms with Gasteiger partial charge in [0.15, 0.2) is 6.10 Å². The number of carbonyl (C=O) groups excluding carboxylic acids is 1. The molecule has 2 rings (SSSR count). The van der Waals surface area contributed by atoms with Crippen molar-refractivity contribution < 1.29 is 22.1 Å². The summed E-state index contributed by atoms with van der Waals surface area (Å²) in [5, 5.41) is 0. The molecule has 0 fully saturated rings. The van der Waals surface area contributed by atoms with Crippen molar-refractivity contribution in [2.24, 2.45) is 0 Å². The summed E-state index contributed by atoms with van der Waals surface area (Å²) in [6, 6.07) is 15.7. The standard InChI is InChI=1S/C18H20O5S/c1-14-8-11-16(12-9-14)24(20,21)23-17(18(19)22-2)13-10-15-6-4-3-5-7-15/h3-9,11-12,17H,10,13H2,1-2H3. The van der Waals surface area contributed by atoms with E-state index in [1.165, 1.54) is 19.2 Å². The molecule has 0 aliphatic carbocycles. The zero-order valence-corrected chi connectivity index (χ0v) is 14.5. The molecular weight excluding hydrogens is 328 g/mol. The second-order valence-electron chi connectivity index (χ2n) is 5.40. The van der Waals surface area contributed by atoms with Gasteiger partial charge in [0.25, 0.3) is 10.1 Å². The van der Waals surface area contributed by atoms with E-state index in [4.69, 9.17) is 4.18 Å². The third-order valence-corrected chi connectivity index (χ3v) is 4.89. The van der Waals surface area contributed by atoms with E-state index in [1.807, 2.05) is 37.3 Å². The van der Waals surface area contributed by atoms with E-state index in [0.717, 1.165) is 11.1 Å². The molecule has 0 heterocycles. The van der Waals surface area contributed by atoms with Crippen molar-refractivity contribution in [3.05, 3.63) is 65.7 Å². The van der Waals surface area contributed by atoms with Crippen molar-refractivity contribution >= 4 is 16.1 Å². The molecule has 2 aromatic carbocycles. The fraction of sp³-hybridized carbons (Fsp3) is 0.278. The van der Waals surface area contributed by atoms with Crippen LogP contribution in [0.3, 0.4) is 0 Å². The van der Waals surface area contributed by atoms with Gasteiger partial charge in [0.2, 0.25) is 0 Å². The van der Waals surface area contributed by atoms with E-state index >= 15 is 0 Å². The molecule has 0 radical (unpaired) electrons. The van der Waals surface area contributed by atoms with Crippen LogP contribution in [0.15, 0.2) is 59.5 Å². The van der Waals surface area contributed by atoms with Crippen molar-refractivity contribution in [1.29, 1.82) is 0 Å². The molecule has 0 aliphatic heterocycles. The Hall–Kier alpha value is -2.18. The van der Waals surface area contributed by atoms with Crippen LogP contribution < -0.4 is 0 Å². The van der Waals surface area contributed by atoms with Gasteiger partial charge in [0, 0.05) is 0 Å². The lowest BCUT2D eigenvalue weighted by molar-refractivity contribution is -0.148. The zero-order valence-electron chi connectivity index (χ0n) is 13.6. The molecule has 0 saturated heterocycles. The lowest BCUT2D eigenvalue weighted by Gasteiger charge is -2.15. The molecule has 5 nitrogen and oxygen atoms in total. The maximum atomic E-state index is 12.4. The summed E-state index contributed by atoms with van der Waals surface area (Å²) in [6.07, 6.45) is -0.465. The molecule has 128 valence electrons. The first-order chi connectivity index (χ1) is 11.4. The SMILES string of the molecule is COC(=O)C(CCc1ccccc1)OS(=O)(=O)c1ccc(C)cc1. The number of hydrogen-bond donors (Lipinski definition) is 0. The fourth-order valence-corrected chi connectivity index (χ4v) is 3.25. The second-order valence-corrected chi connectivity index (χ2v) is 6.97. The lowest BCUT2D eigenvalue weighted by Crippen LogP contribution is -2.29. The largest absolute Gasteiger partial charge is 0.467 e. The van der Waals surface area contributed by atoms with Gasteiger partial charge < -0.3 is 4.74 Å². The molecule has 0 saturated carbocycles. The smallest absolute Gasteiger partial charge is 0.336 e. The normalized spacial score (nSPS) is 12.6. The van der Waals surface area contributed by atoms with Crippen LogP contribution in [-0.4, -0.2) is 27.6 Å². The van der Waals surface area contributed by atoms with Gasteiger partial charge in [-0.15, -0.1) is 0 Å². The Labute approximate surface area is 142 Å². The van der Waals surface area contributed by atoms with Gasteiger partial charge in [-0.05, 0) is 37.5 Å². The highest BCUT2D eigenvalue weighted by Gasteiger charge is 2.28. The number of rotatable bonds is 7. The molecule has 1 unspecified atom stereocenters. The molecule has 6 heteroatoms. The van der Waals surface area contributed by atoms with E-state index in [-0.39, 0.29) is 11.3 Å². The van der Waals surface area contributed by atoms with Crippen LogP contribution in [0.1, 0.15) is 17.5 Å². The van der Waals surface area contributed by atoms with Crippen LogP contribution in [-0.2, 0) is 30.3 Å². The molecule has 2 aromatic rings. The van der Waals surface area contributed by atoms with E-state index in [0.29, 0.717) is 6.42 Å². The third-order valence-electron chi connectivity index (χ3n) is 3.55. The van der Waals surface area contributed by atoms with Crippen LogP contribution in [0.2, 0.25) is 0 Å². The maximum absolute atomic E-state index is 12.4. The number of carbonyl (C=O) groups is 1. The van der Waals surface area contributed by atoms with Crippen molar-refractivity contribution in [3.8, 4) is 0 Å². The molecule has 0 amide bonds. The third kappa shape index (κ3) is 4.91. The first-order valence-corrected chi connectivity index (χ1v) is 8.95. The van der Waals surface area contributed by atoms with Gasteiger partial charge in [0.05, 0.1) is 12.0 Å². The minimum absolute atomic E-state index is 0.0155. The number of methoxy groups -OCH3 is 1. The summed E-state index contributed by atoms with van der Waals surface area (Å²) >= 11 is 0. The van der Waals surface area contributed by atoms with E-state index in [9.17, 15) is 13.2 Å². The summed E-state index contributed by atoms with van der Waals surface area (Å²) in [4.78, 5) is 11.9. The highest BCUT2D eigenvalue weighted by Crippen LogP contribution is 2.18. The summed E-state index contributed by atoms with van der Waals surface area (Å²) < 4.78 is 34.5. The van der Waals surface area contributed by atoms with Gasteiger partial charge in [-0.3, -0.25) is 4.18 Å². The van der Waals surface area contributed by atoms with Gasteiger partial charge in [0.1, 0.15) is 0 Å². The predicted molar refractivity (Wildman–Crippen MR) is 90.0 cm³/mol. The van der Waals surface area contributed by atoms with Gasteiger partial charge in [-0.25, -0.2) is 4.79 Å². The minimum Gasteiger partial charge on any atom is -0.467 e. The molecule has 0 aliphatic rings. The Morgan fingerprint density at radius 1 is 1.04 bits per heavy atom. The summed E-state index contributed by atoms with van der Waals surface area (Å²) in [6.45, 7) is 1.86. The van der Waals surface area contributed by atoms with Crippen molar-refractivity contribution in [3.63, 3.8) is 0 Å². The predicted octanol–water partition coefficient (Wildman–Crippen LogP) is 2.87. The van der Waals surface area contributed by atoms with Crippen molar-refractivity contribution in [2.75, 3.05) is 7.11 Å². The van der Waals surface area contributed by atoms with Crippen LogP contribution in [0.4, 0.5) is 0 Å². The van der Waals surface area contributed by atoms with Crippen LogP contribution >= 0.6 is 0 Å². The number of benzene rings is 2. The highest BCUT2D eigenvalue weighted by molar-refractivity contribution is 7.86. The fourth-order valence-electron chi connectivity index (χ4n) is 2.19. The molecule has 24 heavy (non-hydrogen) atoms. The maximum Gasteiger partial charge on any atom is 0.336 e. The first kappa shape index (κ1) is 18.2. The summed E-state index contributed by atoms with van der Waals surface area (Å²) in [5.74, 6) is -0.707. The number of aryl methyl sites for hydroxylation is 2. The quantitative estimate of drug-likeness (QED) is 0.568. The topological polar surface area (TPSA) is 69.7 Å². The van der Waals surface area contributed by atoms with Gasteiger partial charge >= 0.3 is 5.97 Å². The van der Waals surface area contributed by atoms with Crippen LogP contribution in [0.5, 0.6) is 0 Å². The Kier molecular flexibility index (Phi) is 6.11. The molecular formula is C18H20O5S. The van der Waals surface area contributed by atoms with E-state index in [2.05, 4.69) is 4.74 Å². The highest BCUT2D eigenvalue weighted by atomic mass is 32.2. The summed E-state index contributed by atoms with van der Waals surface area (Å²) in [5.41, 5.74) is 1.92. The Morgan fingerprint density at radius 3 is 2.25 bits per heavy atom. The summed E-state index contributed by atoms with van der Waals surface area (Å²) in [7, 11) is -2.83. The van der Waals surface area contributed by atoms with E-state index in [1.54, 1.807) is 12.1 Å². The monoisotopic (exact) mass is 348 g/mol. The van der Waals surface area contributed by atoms with E-state index < -0.39 is 22.2 Å². The Bertz CT molecular complexity index is 767. The van der Waals surface area contributed by atoms with Gasteiger partial charge in [-0.1, -0.05) is 48.0 Å². The average molecular weight is 348 g/mol. The van der Waals surface area contributed by atoms with Crippen molar-refractivity contribution in [2.45, 2.75) is 30.8 Å². The zero-order chi connectivity index (χ0) is 17.6. The molecule has 0 N–H and O–H groups in total. The molecule has 0 aromatic heterocycles. The lowest BCUT2D eigenvalue weighted by atomic mass is 10.1. The van der Waals surface area contributed by atoms with Crippen LogP contribution in [0, 0.1) is 6.92 Å². The van der Waals surface area contributed by atoms with Crippen molar-refractivity contribution in [1.82, 2.24) is 0 Å². The Balaban J connectivity index is 2.13. The molecule has 0 spiro atoms.